The van der Waals surface area contributed by atoms with Crippen LogP contribution in [0.2, 0.25) is 0 Å². The summed E-state index contributed by atoms with van der Waals surface area (Å²) in [7, 11) is -1.43. The first-order valence-corrected chi connectivity index (χ1v) is 8.65. The van der Waals surface area contributed by atoms with Crippen LogP contribution in [0.5, 0.6) is 0 Å². The summed E-state index contributed by atoms with van der Waals surface area (Å²) in [4.78, 5) is 12.4. The maximum absolute atomic E-state index is 12.1. The van der Waals surface area contributed by atoms with Crippen LogP contribution in [0.25, 0.3) is 9.40 Å². The van der Waals surface area contributed by atoms with Crippen molar-refractivity contribution in [1.29, 1.82) is 0 Å². The zero-order valence-electron chi connectivity index (χ0n) is 10.3. The zero-order valence-corrected chi connectivity index (χ0v) is 12.7. The van der Waals surface area contributed by atoms with Crippen molar-refractivity contribution in [3.63, 3.8) is 0 Å². The minimum absolute atomic E-state index is 0.141. The Balaban J connectivity index is 2.00. The van der Waals surface area contributed by atoms with E-state index in [1.807, 2.05) is 16.8 Å². The van der Waals surface area contributed by atoms with E-state index < -0.39 is 11.0 Å². The van der Waals surface area contributed by atoms with Crippen LogP contribution in [-0.2, 0) is 15.8 Å². The van der Waals surface area contributed by atoms with Gasteiger partial charge in [0, 0.05) is 16.5 Å². The molecule has 0 saturated heterocycles. The smallest absolute Gasteiger partial charge is 0.231 e. The van der Waals surface area contributed by atoms with Gasteiger partial charge in [-0.25, -0.2) is 4.21 Å². The quantitative estimate of drug-likeness (QED) is 0.918. The number of carbonyl (C=O) groups excluding carboxylic acids is 1. The fraction of sp³-hybridized carbons (Fsp3) is 0.417. The minimum atomic E-state index is -1.43. The van der Waals surface area contributed by atoms with Gasteiger partial charge in [0.15, 0.2) is 11.0 Å². The van der Waals surface area contributed by atoms with E-state index in [1.54, 1.807) is 22.7 Å². The highest BCUT2D eigenvalue weighted by Gasteiger charge is 2.14. The Morgan fingerprint density at radius 1 is 1.44 bits per heavy atom. The van der Waals surface area contributed by atoms with Crippen molar-refractivity contribution in [3.05, 3.63) is 16.8 Å². The Labute approximate surface area is 117 Å². The highest BCUT2D eigenvalue weighted by molar-refractivity contribution is 7.84. The fourth-order valence-corrected chi connectivity index (χ4v) is 4.99. The molecule has 3 nitrogen and oxygen atoms in total. The minimum Gasteiger partial charge on any atom is -0.274 e. The molecule has 1 N–H and O–H groups in total. The van der Waals surface area contributed by atoms with Gasteiger partial charge < -0.3 is 0 Å². The van der Waals surface area contributed by atoms with Crippen LogP contribution < -0.4 is 4.72 Å². The van der Waals surface area contributed by atoms with Crippen LogP contribution in [-0.4, -0.2) is 10.1 Å². The molecule has 0 fully saturated rings. The lowest BCUT2D eigenvalue weighted by Gasteiger charge is -2.05. The second kappa shape index (κ2) is 5.95. The number of thiophene rings is 2. The van der Waals surface area contributed by atoms with Gasteiger partial charge in [-0.1, -0.05) is 13.8 Å². The summed E-state index contributed by atoms with van der Waals surface area (Å²) in [5, 5.41) is 3.84. The summed E-state index contributed by atoms with van der Waals surface area (Å²) in [6.07, 6.45) is 1.25. The first kappa shape index (κ1) is 13.7. The summed E-state index contributed by atoms with van der Waals surface area (Å²) in [6, 6.07) is 2.01. The molecule has 0 aliphatic heterocycles. The monoisotopic (exact) mass is 301 g/mol. The molecular formula is C12H15NO2S3. The van der Waals surface area contributed by atoms with Crippen molar-refractivity contribution in [2.75, 3.05) is 0 Å². The molecule has 0 bridgehead atoms. The number of fused-ring (bicyclic) bond motifs is 1. The number of rotatable bonds is 5. The van der Waals surface area contributed by atoms with E-state index >= 15 is 0 Å². The van der Waals surface area contributed by atoms with Crippen LogP contribution in [0.3, 0.4) is 0 Å². The summed E-state index contributed by atoms with van der Waals surface area (Å²) >= 11 is 3.12. The van der Waals surface area contributed by atoms with Crippen LogP contribution in [0, 0.1) is 5.92 Å². The van der Waals surface area contributed by atoms with E-state index in [0.29, 0.717) is 12.3 Å². The highest BCUT2D eigenvalue weighted by atomic mass is 32.2. The second-order valence-electron chi connectivity index (χ2n) is 4.44. The van der Waals surface area contributed by atoms with Gasteiger partial charge >= 0.3 is 0 Å². The number of amides is 1. The third kappa shape index (κ3) is 3.18. The van der Waals surface area contributed by atoms with Gasteiger partial charge in [-0.2, -0.15) is 0 Å². The van der Waals surface area contributed by atoms with E-state index in [1.165, 1.54) is 0 Å². The van der Waals surface area contributed by atoms with E-state index in [9.17, 15) is 9.00 Å². The lowest BCUT2D eigenvalue weighted by Crippen LogP contribution is -2.25. The van der Waals surface area contributed by atoms with Crippen LogP contribution >= 0.6 is 22.7 Å². The molecule has 0 saturated carbocycles. The molecule has 0 aromatic carbocycles. The normalized spacial score (nSPS) is 13.1. The molecule has 98 valence electrons. The van der Waals surface area contributed by atoms with Crippen molar-refractivity contribution < 1.29 is 9.00 Å². The molecule has 6 heteroatoms. The fourth-order valence-electron chi connectivity index (χ4n) is 1.50. The Hall–Kier alpha value is -0.720. The number of hydrogen-bond acceptors (Lipinski definition) is 4. The van der Waals surface area contributed by atoms with Crippen molar-refractivity contribution >= 4 is 49.0 Å². The van der Waals surface area contributed by atoms with Crippen molar-refractivity contribution in [1.82, 2.24) is 4.72 Å². The molecule has 0 radical (unpaired) electrons. The van der Waals surface area contributed by atoms with E-state index in [-0.39, 0.29) is 5.91 Å². The van der Waals surface area contributed by atoms with Crippen LogP contribution in [0.4, 0.5) is 0 Å². The predicted molar refractivity (Wildman–Crippen MR) is 78.3 cm³/mol. The highest BCUT2D eigenvalue weighted by Crippen LogP contribution is 2.32. The first-order valence-electron chi connectivity index (χ1n) is 5.74. The summed E-state index contributed by atoms with van der Waals surface area (Å²) < 4.78 is 16.8. The molecule has 2 rings (SSSR count). The summed E-state index contributed by atoms with van der Waals surface area (Å²) in [5.74, 6) is 0.340. The topological polar surface area (TPSA) is 46.2 Å². The van der Waals surface area contributed by atoms with Crippen LogP contribution in [0.15, 0.2) is 21.7 Å². The maximum atomic E-state index is 12.1. The molecule has 0 spiro atoms. The Morgan fingerprint density at radius 2 is 2.22 bits per heavy atom. The third-order valence-corrected chi connectivity index (χ3v) is 5.94. The van der Waals surface area contributed by atoms with Crippen molar-refractivity contribution in [3.8, 4) is 0 Å². The average molecular weight is 301 g/mol. The Morgan fingerprint density at radius 3 is 2.94 bits per heavy atom. The second-order valence-corrected chi connectivity index (χ2v) is 7.45. The van der Waals surface area contributed by atoms with Gasteiger partial charge in [0.2, 0.25) is 5.91 Å². The summed E-state index contributed by atoms with van der Waals surface area (Å²) in [5.41, 5.74) is 0. The van der Waals surface area contributed by atoms with Gasteiger partial charge in [0.1, 0.15) is 0 Å². The van der Waals surface area contributed by atoms with E-state index in [2.05, 4.69) is 18.6 Å². The van der Waals surface area contributed by atoms with Gasteiger partial charge in [-0.05, 0) is 23.8 Å². The van der Waals surface area contributed by atoms with E-state index in [4.69, 9.17) is 0 Å². The molecule has 1 unspecified atom stereocenters. The molecule has 1 amide bonds. The predicted octanol–water partition coefficient (Wildman–Crippen LogP) is 3.54. The molecular weight excluding hydrogens is 286 g/mol. The van der Waals surface area contributed by atoms with Gasteiger partial charge in [0.25, 0.3) is 0 Å². The van der Waals surface area contributed by atoms with Crippen molar-refractivity contribution in [2.45, 2.75) is 31.6 Å². The SMILES string of the molecule is CC(C)CCC(=O)NS(=O)c1csc2ccsc12. The molecule has 1 atom stereocenters. The molecule has 0 aliphatic carbocycles. The Bertz CT molecular complexity index is 571. The average Bonchev–Trinajstić information content (AvgIpc) is 2.87. The molecule has 0 aliphatic rings. The molecule has 2 heterocycles. The summed E-state index contributed by atoms with van der Waals surface area (Å²) in [6.45, 7) is 4.14. The largest absolute Gasteiger partial charge is 0.274 e. The van der Waals surface area contributed by atoms with Gasteiger partial charge in [-0.3, -0.25) is 9.52 Å². The van der Waals surface area contributed by atoms with Gasteiger partial charge in [-0.15, -0.1) is 22.7 Å². The third-order valence-electron chi connectivity index (χ3n) is 2.50. The number of nitrogens with one attached hydrogen (secondary N) is 1. The maximum Gasteiger partial charge on any atom is 0.231 e. The zero-order chi connectivity index (χ0) is 13.1. The molecule has 2 aromatic heterocycles. The number of carbonyl (C=O) groups is 1. The molecule has 18 heavy (non-hydrogen) atoms. The van der Waals surface area contributed by atoms with Gasteiger partial charge in [0.05, 0.1) is 9.60 Å². The molecule has 2 aromatic rings. The standard InChI is InChI=1S/C12H15NO2S3/c1-8(2)3-4-11(14)13-18(15)10-7-17-9-5-6-16-12(9)10/h5-8H,3-4H2,1-2H3,(H,13,14). The van der Waals surface area contributed by atoms with Crippen molar-refractivity contribution in [2.24, 2.45) is 5.92 Å². The lowest BCUT2D eigenvalue weighted by molar-refractivity contribution is -0.119. The first-order chi connectivity index (χ1) is 8.58. The Kier molecular flexibility index (Phi) is 4.53. The van der Waals surface area contributed by atoms with Crippen LogP contribution in [0.1, 0.15) is 26.7 Å². The lowest BCUT2D eigenvalue weighted by atomic mass is 10.1. The number of hydrogen-bond donors (Lipinski definition) is 1. The van der Waals surface area contributed by atoms with E-state index in [0.717, 1.165) is 20.7 Å².